The van der Waals surface area contributed by atoms with Crippen LogP contribution in [-0.2, 0) is 11.2 Å². The summed E-state index contributed by atoms with van der Waals surface area (Å²) in [6.07, 6.45) is 1.61. The number of nitrogens with zero attached hydrogens (tertiary/aromatic N) is 1. The number of urea groups is 1. The van der Waals surface area contributed by atoms with Crippen molar-refractivity contribution >= 4 is 11.9 Å². The highest BCUT2D eigenvalue weighted by atomic mass is 16.2. The molecule has 0 radical (unpaired) electrons. The summed E-state index contributed by atoms with van der Waals surface area (Å²) in [6, 6.07) is 7.54. The molecular formula is C15H20N4O2. The van der Waals surface area contributed by atoms with Crippen LogP contribution < -0.4 is 16.4 Å². The van der Waals surface area contributed by atoms with Crippen LogP contribution in [0, 0.1) is 0 Å². The van der Waals surface area contributed by atoms with E-state index in [2.05, 4.69) is 10.6 Å². The number of nitrogens with one attached hydrogen (secondary N) is 2. The van der Waals surface area contributed by atoms with E-state index in [1.165, 1.54) is 10.5 Å². The van der Waals surface area contributed by atoms with Gasteiger partial charge in [0, 0.05) is 13.1 Å². The average Bonchev–Trinajstić information content (AvgIpc) is 2.78. The molecule has 0 spiro atoms. The predicted molar refractivity (Wildman–Crippen MR) is 78.6 cm³/mol. The third kappa shape index (κ3) is 2.85. The fraction of sp³-hybridized carbons (Fsp3) is 0.467. The molecule has 1 aliphatic heterocycles. The van der Waals surface area contributed by atoms with Crippen LogP contribution in [0.4, 0.5) is 4.79 Å². The Bertz CT molecular complexity index is 560. The first-order valence-corrected chi connectivity index (χ1v) is 7.30. The minimum Gasteiger partial charge on any atom is -0.350 e. The first-order chi connectivity index (χ1) is 10.1. The Morgan fingerprint density at radius 2 is 2.24 bits per heavy atom. The number of hydrogen-bond donors (Lipinski definition) is 3. The summed E-state index contributed by atoms with van der Waals surface area (Å²) in [6.45, 7) is 1.39. The molecule has 21 heavy (non-hydrogen) atoms. The van der Waals surface area contributed by atoms with Gasteiger partial charge < -0.3 is 21.3 Å². The first-order valence-electron chi connectivity index (χ1n) is 7.30. The summed E-state index contributed by atoms with van der Waals surface area (Å²) >= 11 is 0. The average molecular weight is 288 g/mol. The molecule has 1 fully saturated rings. The van der Waals surface area contributed by atoms with Crippen LogP contribution >= 0.6 is 0 Å². The van der Waals surface area contributed by atoms with Crippen molar-refractivity contribution in [1.29, 1.82) is 0 Å². The zero-order valence-corrected chi connectivity index (χ0v) is 11.8. The fourth-order valence-corrected chi connectivity index (χ4v) is 3.02. The molecule has 3 rings (SSSR count). The number of rotatable bonds is 3. The molecule has 0 bridgehead atoms. The lowest BCUT2D eigenvalue weighted by atomic mass is 10.1. The Morgan fingerprint density at radius 3 is 3.00 bits per heavy atom. The van der Waals surface area contributed by atoms with Gasteiger partial charge in [-0.2, -0.15) is 0 Å². The van der Waals surface area contributed by atoms with Gasteiger partial charge in [0.1, 0.15) is 6.54 Å². The zero-order valence-electron chi connectivity index (χ0n) is 11.8. The molecule has 6 heteroatoms. The standard InChI is InChI=1S/C15H20N4O2/c16-14-11-5-2-1-4-10(11)8-12(14)18-13(20)9-19-7-3-6-17-15(19)21/h1-2,4-5,12,14H,3,6-9,16H2,(H,17,21)(H,18,20)/t12-,14-/m1/s1. The van der Waals surface area contributed by atoms with E-state index in [0.29, 0.717) is 13.1 Å². The second-order valence-electron chi connectivity index (χ2n) is 5.61. The molecule has 2 atom stereocenters. The SMILES string of the molecule is N[C@@H]1c2ccccc2C[C@H]1NC(=O)CN1CCCNC1=O. The number of carbonyl (C=O) groups is 2. The van der Waals surface area contributed by atoms with Gasteiger partial charge >= 0.3 is 6.03 Å². The van der Waals surface area contributed by atoms with E-state index in [1.54, 1.807) is 0 Å². The van der Waals surface area contributed by atoms with E-state index in [1.807, 2.05) is 24.3 Å². The summed E-state index contributed by atoms with van der Waals surface area (Å²) in [7, 11) is 0. The van der Waals surface area contributed by atoms with Gasteiger partial charge in [0.25, 0.3) is 0 Å². The summed E-state index contributed by atoms with van der Waals surface area (Å²) in [5, 5.41) is 5.69. The molecule has 1 aliphatic carbocycles. The Hall–Kier alpha value is -2.08. The van der Waals surface area contributed by atoms with Crippen molar-refractivity contribution in [2.75, 3.05) is 19.6 Å². The normalized spacial score (nSPS) is 24.4. The van der Waals surface area contributed by atoms with Crippen LogP contribution in [0.2, 0.25) is 0 Å². The van der Waals surface area contributed by atoms with E-state index in [0.717, 1.165) is 18.4 Å². The van der Waals surface area contributed by atoms with Gasteiger partial charge in [0.15, 0.2) is 0 Å². The molecular weight excluding hydrogens is 268 g/mol. The van der Waals surface area contributed by atoms with Gasteiger partial charge in [-0.15, -0.1) is 0 Å². The smallest absolute Gasteiger partial charge is 0.317 e. The molecule has 0 saturated carbocycles. The van der Waals surface area contributed by atoms with E-state index in [-0.39, 0.29) is 30.6 Å². The van der Waals surface area contributed by atoms with Crippen LogP contribution in [0.1, 0.15) is 23.6 Å². The number of fused-ring (bicyclic) bond motifs is 1. The van der Waals surface area contributed by atoms with E-state index in [9.17, 15) is 9.59 Å². The number of hydrogen-bond acceptors (Lipinski definition) is 3. The van der Waals surface area contributed by atoms with Crippen LogP contribution in [0.3, 0.4) is 0 Å². The summed E-state index contributed by atoms with van der Waals surface area (Å²) in [5.74, 6) is -0.152. The number of amides is 3. The zero-order chi connectivity index (χ0) is 14.8. The van der Waals surface area contributed by atoms with Crippen molar-refractivity contribution in [1.82, 2.24) is 15.5 Å². The third-order valence-corrected chi connectivity index (χ3v) is 4.14. The van der Waals surface area contributed by atoms with Crippen molar-refractivity contribution in [3.8, 4) is 0 Å². The first kappa shape index (κ1) is 13.9. The van der Waals surface area contributed by atoms with E-state index >= 15 is 0 Å². The molecule has 112 valence electrons. The van der Waals surface area contributed by atoms with Crippen LogP contribution in [0.5, 0.6) is 0 Å². The highest BCUT2D eigenvalue weighted by Gasteiger charge is 2.31. The maximum atomic E-state index is 12.1. The van der Waals surface area contributed by atoms with Gasteiger partial charge in [-0.25, -0.2) is 4.79 Å². The van der Waals surface area contributed by atoms with Crippen molar-refractivity contribution in [3.63, 3.8) is 0 Å². The number of nitrogens with two attached hydrogens (primary N) is 1. The van der Waals surface area contributed by atoms with Gasteiger partial charge in [0.2, 0.25) is 5.91 Å². The molecule has 3 amide bonds. The summed E-state index contributed by atoms with van der Waals surface area (Å²) < 4.78 is 0. The molecule has 2 aliphatic rings. The summed E-state index contributed by atoms with van der Waals surface area (Å²) in [4.78, 5) is 25.3. The molecule has 6 nitrogen and oxygen atoms in total. The lowest BCUT2D eigenvalue weighted by Crippen LogP contribution is -2.52. The third-order valence-electron chi connectivity index (χ3n) is 4.14. The lowest BCUT2D eigenvalue weighted by Gasteiger charge is -2.27. The lowest BCUT2D eigenvalue weighted by molar-refractivity contribution is -0.122. The topological polar surface area (TPSA) is 87.5 Å². The van der Waals surface area contributed by atoms with Crippen LogP contribution in [0.15, 0.2) is 24.3 Å². The number of benzene rings is 1. The second-order valence-corrected chi connectivity index (χ2v) is 5.61. The molecule has 1 aromatic rings. The van der Waals surface area contributed by atoms with Crippen molar-refractivity contribution in [2.24, 2.45) is 5.73 Å². The van der Waals surface area contributed by atoms with Gasteiger partial charge in [-0.1, -0.05) is 24.3 Å². The van der Waals surface area contributed by atoms with E-state index in [4.69, 9.17) is 5.73 Å². The maximum Gasteiger partial charge on any atom is 0.317 e. The van der Waals surface area contributed by atoms with Gasteiger partial charge in [-0.05, 0) is 24.0 Å². The Balaban J connectivity index is 1.58. The Kier molecular flexibility index (Phi) is 3.79. The molecule has 1 aromatic carbocycles. The second kappa shape index (κ2) is 5.73. The molecule has 0 aromatic heterocycles. The number of carbonyl (C=O) groups excluding carboxylic acids is 2. The minimum atomic E-state index is -0.180. The predicted octanol–water partition coefficient (Wildman–Crippen LogP) is 0.143. The van der Waals surface area contributed by atoms with Crippen LogP contribution in [0.25, 0.3) is 0 Å². The Morgan fingerprint density at radius 1 is 1.43 bits per heavy atom. The highest BCUT2D eigenvalue weighted by molar-refractivity contribution is 5.84. The molecule has 1 saturated heterocycles. The monoisotopic (exact) mass is 288 g/mol. The quantitative estimate of drug-likeness (QED) is 0.739. The van der Waals surface area contributed by atoms with Crippen molar-refractivity contribution in [2.45, 2.75) is 24.9 Å². The molecule has 1 heterocycles. The van der Waals surface area contributed by atoms with E-state index < -0.39 is 0 Å². The Labute approximate surface area is 123 Å². The van der Waals surface area contributed by atoms with Crippen molar-refractivity contribution < 1.29 is 9.59 Å². The van der Waals surface area contributed by atoms with Crippen molar-refractivity contribution in [3.05, 3.63) is 35.4 Å². The maximum absolute atomic E-state index is 12.1. The van der Waals surface area contributed by atoms with Gasteiger partial charge in [0.05, 0.1) is 12.1 Å². The molecule has 4 N–H and O–H groups in total. The molecule has 0 unspecified atom stereocenters. The highest BCUT2D eigenvalue weighted by Crippen LogP contribution is 2.29. The van der Waals surface area contributed by atoms with Gasteiger partial charge in [-0.3, -0.25) is 4.79 Å². The fourth-order valence-electron chi connectivity index (χ4n) is 3.02. The summed E-state index contributed by atoms with van der Waals surface area (Å²) in [5.41, 5.74) is 8.47. The van der Waals surface area contributed by atoms with Crippen LogP contribution in [-0.4, -0.2) is 42.5 Å². The minimum absolute atomic E-state index is 0.0887. The largest absolute Gasteiger partial charge is 0.350 e.